The van der Waals surface area contributed by atoms with Gasteiger partial charge in [0.25, 0.3) is 11.5 Å². The van der Waals surface area contributed by atoms with Crippen LogP contribution in [0.15, 0.2) is 57.6 Å². The van der Waals surface area contributed by atoms with Crippen molar-refractivity contribution < 1.29 is 9.18 Å². The summed E-state index contributed by atoms with van der Waals surface area (Å²) in [5, 5.41) is 5.54. The van der Waals surface area contributed by atoms with Crippen LogP contribution in [0.4, 0.5) is 4.39 Å². The fourth-order valence-corrected chi connectivity index (χ4v) is 4.61. The molecule has 0 spiro atoms. The van der Waals surface area contributed by atoms with Crippen LogP contribution >= 0.6 is 22.7 Å². The van der Waals surface area contributed by atoms with E-state index in [2.05, 4.69) is 15.3 Å². The summed E-state index contributed by atoms with van der Waals surface area (Å²) in [5.41, 5.74) is -0.769. The number of nitrogens with one attached hydrogen (secondary N) is 2. The van der Waals surface area contributed by atoms with Gasteiger partial charge in [-0.15, -0.1) is 22.7 Å². The quantitative estimate of drug-likeness (QED) is 0.496. The number of rotatable bonds is 5. The Hall–Kier alpha value is -3.37. The van der Waals surface area contributed by atoms with Gasteiger partial charge in [0.05, 0.1) is 22.8 Å². The third-order valence-corrected chi connectivity index (χ3v) is 6.54. The summed E-state index contributed by atoms with van der Waals surface area (Å²) in [6.07, 6.45) is 1.08. The molecule has 0 unspecified atom stereocenters. The number of hydrogen-bond donors (Lipinski definition) is 2. The first kappa shape index (κ1) is 19.9. The van der Waals surface area contributed by atoms with E-state index in [0.717, 1.165) is 43.4 Å². The van der Waals surface area contributed by atoms with Crippen LogP contribution in [0.25, 0.3) is 15.6 Å². The molecule has 1 aromatic carbocycles. The number of aromatic amines is 1. The Morgan fingerprint density at radius 3 is 2.70 bits per heavy atom. The molecule has 4 rings (SSSR count). The largest absolute Gasteiger partial charge is 0.347 e. The predicted molar refractivity (Wildman–Crippen MR) is 114 cm³/mol. The highest BCUT2D eigenvalue weighted by Crippen LogP contribution is 2.30. The zero-order valence-electron chi connectivity index (χ0n) is 15.6. The van der Waals surface area contributed by atoms with Crippen molar-refractivity contribution in [1.82, 2.24) is 19.9 Å². The molecule has 7 nitrogen and oxygen atoms in total. The van der Waals surface area contributed by atoms with E-state index >= 15 is 0 Å². The summed E-state index contributed by atoms with van der Waals surface area (Å²) in [4.78, 5) is 46.3. The molecule has 3 aromatic heterocycles. The molecule has 4 aromatic rings. The van der Waals surface area contributed by atoms with Gasteiger partial charge >= 0.3 is 5.69 Å². The molecule has 0 radical (unpaired) electrons. The maximum absolute atomic E-state index is 13.2. The second kappa shape index (κ2) is 8.17. The van der Waals surface area contributed by atoms with Gasteiger partial charge in [0, 0.05) is 11.1 Å². The highest BCUT2D eigenvalue weighted by atomic mass is 32.1. The standard InChI is InChI=1S/C20H15FN4O3S2/c1-11-16(30-18(24-11)15-3-2-8-29-15)10-22-17(26)14-9-23-20(28)25(19(14)27)13-6-4-12(21)5-7-13/h2-9H,10H2,1H3,(H,22,26)(H,23,28). The number of aromatic nitrogens is 3. The Kier molecular flexibility index (Phi) is 5.42. The van der Waals surface area contributed by atoms with Crippen molar-refractivity contribution in [2.45, 2.75) is 13.5 Å². The van der Waals surface area contributed by atoms with Crippen molar-refractivity contribution in [2.75, 3.05) is 0 Å². The van der Waals surface area contributed by atoms with Crippen LogP contribution in [-0.2, 0) is 6.54 Å². The van der Waals surface area contributed by atoms with E-state index in [9.17, 15) is 18.8 Å². The lowest BCUT2D eigenvalue weighted by Gasteiger charge is -2.08. The number of carbonyl (C=O) groups excluding carboxylic acids is 1. The van der Waals surface area contributed by atoms with Gasteiger partial charge in [-0.1, -0.05) is 6.07 Å². The monoisotopic (exact) mass is 442 g/mol. The van der Waals surface area contributed by atoms with Gasteiger partial charge in [-0.05, 0) is 42.6 Å². The molecule has 0 aliphatic heterocycles. The molecule has 2 N–H and O–H groups in total. The van der Waals surface area contributed by atoms with Crippen molar-refractivity contribution in [1.29, 1.82) is 0 Å². The van der Waals surface area contributed by atoms with Crippen LogP contribution in [-0.4, -0.2) is 20.4 Å². The van der Waals surface area contributed by atoms with Gasteiger partial charge in [0.15, 0.2) is 0 Å². The van der Waals surface area contributed by atoms with Crippen LogP contribution < -0.4 is 16.6 Å². The topological polar surface area (TPSA) is 96.8 Å². The zero-order valence-corrected chi connectivity index (χ0v) is 17.3. The van der Waals surface area contributed by atoms with Crippen LogP contribution in [0.5, 0.6) is 0 Å². The average Bonchev–Trinajstić information content (AvgIpc) is 3.37. The molecule has 1 amide bonds. The summed E-state index contributed by atoms with van der Waals surface area (Å²) in [6.45, 7) is 2.06. The molecule has 0 aliphatic rings. The molecule has 10 heteroatoms. The van der Waals surface area contributed by atoms with Crippen molar-refractivity contribution in [3.05, 3.63) is 90.8 Å². The maximum atomic E-state index is 13.2. The van der Waals surface area contributed by atoms with Crippen LogP contribution in [0.2, 0.25) is 0 Å². The fraction of sp³-hybridized carbons (Fsp3) is 0.100. The van der Waals surface area contributed by atoms with Gasteiger partial charge in [0.1, 0.15) is 16.4 Å². The summed E-state index contributed by atoms with van der Waals surface area (Å²) in [5.74, 6) is -1.13. The van der Waals surface area contributed by atoms with Crippen molar-refractivity contribution in [2.24, 2.45) is 0 Å². The first-order chi connectivity index (χ1) is 14.4. The number of nitrogens with zero attached hydrogens (tertiary/aromatic N) is 2. The Morgan fingerprint density at radius 1 is 1.23 bits per heavy atom. The van der Waals surface area contributed by atoms with Gasteiger partial charge in [-0.3, -0.25) is 9.59 Å². The number of benzene rings is 1. The van der Waals surface area contributed by atoms with Crippen LogP contribution in [0.3, 0.4) is 0 Å². The number of halogens is 1. The Balaban J connectivity index is 1.57. The zero-order chi connectivity index (χ0) is 21.3. The summed E-state index contributed by atoms with van der Waals surface area (Å²) in [7, 11) is 0. The minimum absolute atomic E-state index is 0.163. The van der Waals surface area contributed by atoms with Gasteiger partial charge in [0.2, 0.25) is 0 Å². The molecular formula is C20H15FN4O3S2. The van der Waals surface area contributed by atoms with Gasteiger partial charge < -0.3 is 10.3 Å². The second-order valence-corrected chi connectivity index (χ2v) is 8.34. The summed E-state index contributed by atoms with van der Waals surface area (Å²) >= 11 is 3.05. The molecule has 30 heavy (non-hydrogen) atoms. The molecule has 0 aliphatic carbocycles. The SMILES string of the molecule is Cc1nc(-c2cccs2)sc1CNC(=O)c1c[nH]c(=O)n(-c2ccc(F)cc2)c1=O. The normalized spacial score (nSPS) is 10.9. The van der Waals surface area contributed by atoms with E-state index in [4.69, 9.17) is 0 Å². The molecule has 0 fully saturated rings. The molecule has 0 saturated carbocycles. The number of hydrogen-bond acceptors (Lipinski definition) is 6. The average molecular weight is 442 g/mol. The van der Waals surface area contributed by atoms with E-state index in [1.165, 1.54) is 23.5 Å². The number of thiophene rings is 1. The molecule has 152 valence electrons. The lowest BCUT2D eigenvalue weighted by Crippen LogP contribution is -2.39. The van der Waals surface area contributed by atoms with Crippen molar-refractivity contribution in [3.8, 4) is 15.6 Å². The summed E-state index contributed by atoms with van der Waals surface area (Å²) < 4.78 is 13.9. The predicted octanol–water partition coefficient (Wildman–Crippen LogP) is 3.09. The number of carbonyl (C=O) groups is 1. The van der Waals surface area contributed by atoms with E-state index < -0.39 is 23.0 Å². The fourth-order valence-electron chi connectivity index (χ4n) is 2.81. The number of thiazole rings is 1. The number of H-pyrrole nitrogens is 1. The lowest BCUT2D eigenvalue weighted by molar-refractivity contribution is 0.0949. The third kappa shape index (κ3) is 3.87. The van der Waals surface area contributed by atoms with E-state index in [1.807, 2.05) is 24.4 Å². The molecule has 3 heterocycles. The maximum Gasteiger partial charge on any atom is 0.333 e. The highest BCUT2D eigenvalue weighted by Gasteiger charge is 2.17. The Morgan fingerprint density at radius 2 is 2.00 bits per heavy atom. The van der Waals surface area contributed by atoms with Crippen molar-refractivity contribution >= 4 is 28.6 Å². The third-order valence-electron chi connectivity index (χ3n) is 4.34. The Labute approximate surface area is 177 Å². The van der Waals surface area contributed by atoms with E-state index in [1.54, 1.807) is 11.3 Å². The molecule has 0 bridgehead atoms. The van der Waals surface area contributed by atoms with Crippen LogP contribution in [0, 0.1) is 12.7 Å². The van der Waals surface area contributed by atoms with E-state index in [-0.39, 0.29) is 17.8 Å². The van der Waals surface area contributed by atoms with Gasteiger partial charge in [-0.2, -0.15) is 0 Å². The number of aryl methyl sites for hydroxylation is 1. The molecule has 0 saturated heterocycles. The minimum atomic E-state index is -0.789. The Bertz CT molecular complexity index is 1320. The smallest absolute Gasteiger partial charge is 0.333 e. The molecular weight excluding hydrogens is 427 g/mol. The van der Waals surface area contributed by atoms with Gasteiger partial charge in [-0.25, -0.2) is 18.7 Å². The molecule has 0 atom stereocenters. The second-order valence-electron chi connectivity index (χ2n) is 6.31. The van der Waals surface area contributed by atoms with Crippen molar-refractivity contribution in [3.63, 3.8) is 0 Å². The number of amides is 1. The first-order valence-electron chi connectivity index (χ1n) is 8.83. The van der Waals surface area contributed by atoms with E-state index in [0.29, 0.717) is 0 Å². The first-order valence-corrected chi connectivity index (χ1v) is 10.5. The highest BCUT2D eigenvalue weighted by molar-refractivity contribution is 7.21. The minimum Gasteiger partial charge on any atom is -0.347 e. The lowest BCUT2D eigenvalue weighted by atomic mass is 10.2. The summed E-state index contributed by atoms with van der Waals surface area (Å²) in [6, 6.07) is 8.77. The van der Waals surface area contributed by atoms with Crippen LogP contribution in [0.1, 0.15) is 20.9 Å².